The molecule has 94 valence electrons. The summed E-state index contributed by atoms with van der Waals surface area (Å²) in [6.07, 6.45) is 11.9. The Bertz CT molecular complexity index is 217. The van der Waals surface area contributed by atoms with E-state index < -0.39 is 0 Å². The summed E-state index contributed by atoms with van der Waals surface area (Å²) in [6, 6.07) is 0.803. The molecule has 16 heavy (non-hydrogen) atoms. The lowest BCUT2D eigenvalue weighted by Crippen LogP contribution is -2.27. The minimum atomic E-state index is 0.803. The van der Waals surface area contributed by atoms with Gasteiger partial charge in [-0.1, -0.05) is 31.9 Å². The fourth-order valence-corrected chi connectivity index (χ4v) is 2.46. The van der Waals surface area contributed by atoms with E-state index in [1.807, 2.05) is 0 Å². The lowest BCUT2D eigenvalue weighted by molar-refractivity contribution is 0.268. The maximum Gasteiger partial charge on any atom is 0.00951 e. The van der Waals surface area contributed by atoms with Crippen LogP contribution in [0, 0.1) is 5.92 Å². The van der Waals surface area contributed by atoms with E-state index in [0.29, 0.717) is 0 Å². The van der Waals surface area contributed by atoms with Crippen LogP contribution in [0.25, 0.3) is 0 Å². The highest BCUT2D eigenvalue weighted by atomic mass is 15.1. The van der Waals surface area contributed by atoms with Gasteiger partial charge in [0.25, 0.3) is 0 Å². The summed E-state index contributed by atoms with van der Waals surface area (Å²) >= 11 is 0. The van der Waals surface area contributed by atoms with Gasteiger partial charge >= 0.3 is 0 Å². The van der Waals surface area contributed by atoms with Crippen molar-refractivity contribution in [1.29, 1.82) is 0 Å². The molecule has 0 aliphatic heterocycles. The first-order valence-corrected chi connectivity index (χ1v) is 6.97. The Labute approximate surface area is 102 Å². The first-order chi connectivity index (χ1) is 7.63. The van der Waals surface area contributed by atoms with E-state index in [1.165, 1.54) is 44.9 Å². The molecule has 1 aliphatic rings. The van der Waals surface area contributed by atoms with Crippen LogP contribution in [0.2, 0.25) is 0 Å². The number of allylic oxidation sites excluding steroid dienone is 2. The topological polar surface area (TPSA) is 3.24 Å². The van der Waals surface area contributed by atoms with E-state index in [-0.39, 0.29) is 0 Å². The normalized spacial score (nSPS) is 24.1. The van der Waals surface area contributed by atoms with Crippen molar-refractivity contribution in [2.45, 2.75) is 64.8 Å². The summed E-state index contributed by atoms with van der Waals surface area (Å²) in [5.74, 6) is 0.897. The molecule has 0 radical (unpaired) electrons. The Kier molecular flexibility index (Phi) is 6.12. The molecular formula is C15H29N. The molecule has 2 atom stereocenters. The Morgan fingerprint density at radius 3 is 2.75 bits per heavy atom. The summed E-state index contributed by atoms with van der Waals surface area (Å²) in [5.41, 5.74) is 1.73. The first kappa shape index (κ1) is 13.8. The van der Waals surface area contributed by atoms with E-state index in [0.717, 1.165) is 12.0 Å². The smallest absolute Gasteiger partial charge is 0.00951 e. The lowest BCUT2D eigenvalue weighted by atomic mass is 9.96. The molecule has 0 amide bonds. The van der Waals surface area contributed by atoms with Crippen molar-refractivity contribution in [3.63, 3.8) is 0 Å². The van der Waals surface area contributed by atoms with E-state index in [1.54, 1.807) is 5.57 Å². The van der Waals surface area contributed by atoms with E-state index in [2.05, 4.69) is 38.9 Å². The van der Waals surface area contributed by atoms with Crippen molar-refractivity contribution >= 4 is 0 Å². The average molecular weight is 223 g/mol. The van der Waals surface area contributed by atoms with Gasteiger partial charge in [-0.3, -0.25) is 0 Å². The van der Waals surface area contributed by atoms with Crippen molar-refractivity contribution in [3.05, 3.63) is 11.6 Å². The average Bonchev–Trinajstić information content (AvgIpc) is 2.51. The van der Waals surface area contributed by atoms with Crippen molar-refractivity contribution < 1.29 is 0 Å². The van der Waals surface area contributed by atoms with Crippen LogP contribution in [0.4, 0.5) is 0 Å². The molecule has 0 fully saturated rings. The highest BCUT2D eigenvalue weighted by Crippen LogP contribution is 2.25. The second-order valence-corrected chi connectivity index (χ2v) is 5.65. The zero-order valence-corrected chi connectivity index (χ0v) is 11.6. The number of nitrogens with zero attached hydrogens (tertiary/aromatic N) is 1. The van der Waals surface area contributed by atoms with Crippen molar-refractivity contribution in [1.82, 2.24) is 4.90 Å². The minimum absolute atomic E-state index is 0.803. The van der Waals surface area contributed by atoms with Gasteiger partial charge in [0.15, 0.2) is 0 Å². The van der Waals surface area contributed by atoms with E-state index >= 15 is 0 Å². The molecule has 1 aliphatic carbocycles. The zero-order chi connectivity index (χ0) is 12.0. The van der Waals surface area contributed by atoms with Crippen LogP contribution >= 0.6 is 0 Å². The van der Waals surface area contributed by atoms with Crippen LogP contribution in [-0.4, -0.2) is 25.0 Å². The molecule has 1 nitrogen and oxygen atoms in total. The highest BCUT2D eigenvalue weighted by molar-refractivity contribution is 5.05. The van der Waals surface area contributed by atoms with Gasteiger partial charge in [-0.05, 0) is 58.5 Å². The van der Waals surface area contributed by atoms with E-state index in [4.69, 9.17) is 0 Å². The van der Waals surface area contributed by atoms with Gasteiger partial charge in [0.1, 0.15) is 0 Å². The fourth-order valence-electron chi connectivity index (χ4n) is 2.46. The van der Waals surface area contributed by atoms with Crippen LogP contribution in [0.3, 0.4) is 0 Å². The second kappa shape index (κ2) is 7.11. The van der Waals surface area contributed by atoms with Crippen molar-refractivity contribution in [3.8, 4) is 0 Å². The van der Waals surface area contributed by atoms with Gasteiger partial charge in [-0.15, -0.1) is 0 Å². The second-order valence-electron chi connectivity index (χ2n) is 5.65. The SMILES string of the molecule is CCC(C)CCC1=CCCC(N(C)C)CC1. The number of hydrogen-bond donors (Lipinski definition) is 0. The number of rotatable bonds is 5. The monoisotopic (exact) mass is 223 g/mol. The molecule has 0 N–H and O–H groups in total. The molecule has 0 aromatic heterocycles. The third-order valence-corrected chi connectivity index (χ3v) is 4.12. The molecule has 0 bridgehead atoms. The highest BCUT2D eigenvalue weighted by Gasteiger charge is 2.14. The Morgan fingerprint density at radius 2 is 2.12 bits per heavy atom. The summed E-state index contributed by atoms with van der Waals surface area (Å²) in [4.78, 5) is 2.39. The van der Waals surface area contributed by atoms with Crippen LogP contribution in [0.5, 0.6) is 0 Å². The maximum absolute atomic E-state index is 2.52. The summed E-state index contributed by atoms with van der Waals surface area (Å²) in [5, 5.41) is 0. The van der Waals surface area contributed by atoms with E-state index in [9.17, 15) is 0 Å². The largest absolute Gasteiger partial charge is 0.306 e. The third kappa shape index (κ3) is 4.69. The van der Waals surface area contributed by atoms with Crippen LogP contribution in [0.15, 0.2) is 11.6 Å². The molecule has 2 unspecified atom stereocenters. The third-order valence-electron chi connectivity index (χ3n) is 4.12. The fraction of sp³-hybridized carbons (Fsp3) is 0.867. The summed E-state index contributed by atoms with van der Waals surface area (Å²) in [7, 11) is 4.43. The Balaban J connectivity index is 2.31. The maximum atomic E-state index is 2.52. The lowest BCUT2D eigenvalue weighted by Gasteiger charge is -2.22. The van der Waals surface area contributed by atoms with Gasteiger partial charge in [-0.2, -0.15) is 0 Å². The summed E-state index contributed by atoms with van der Waals surface area (Å²) < 4.78 is 0. The zero-order valence-electron chi connectivity index (χ0n) is 11.6. The molecular weight excluding hydrogens is 194 g/mol. The predicted octanol–water partition coefficient (Wildman–Crippen LogP) is 4.24. The first-order valence-electron chi connectivity index (χ1n) is 6.97. The Hall–Kier alpha value is -0.300. The quantitative estimate of drug-likeness (QED) is 0.630. The van der Waals surface area contributed by atoms with Crippen molar-refractivity contribution in [2.75, 3.05) is 14.1 Å². The van der Waals surface area contributed by atoms with Gasteiger partial charge < -0.3 is 4.90 Å². The molecule has 0 spiro atoms. The standard InChI is InChI=1S/C15H29N/c1-5-13(2)9-10-14-7-6-8-15(12-11-14)16(3)4/h7,13,15H,5-6,8-12H2,1-4H3. The van der Waals surface area contributed by atoms with Crippen LogP contribution in [0.1, 0.15) is 58.8 Å². The minimum Gasteiger partial charge on any atom is -0.306 e. The predicted molar refractivity (Wildman–Crippen MR) is 72.7 cm³/mol. The molecule has 0 aromatic carbocycles. The van der Waals surface area contributed by atoms with Gasteiger partial charge in [-0.25, -0.2) is 0 Å². The molecule has 0 heterocycles. The molecule has 0 saturated carbocycles. The molecule has 0 aromatic rings. The van der Waals surface area contributed by atoms with Crippen LogP contribution in [-0.2, 0) is 0 Å². The Morgan fingerprint density at radius 1 is 1.38 bits per heavy atom. The summed E-state index contributed by atoms with van der Waals surface area (Å²) in [6.45, 7) is 4.67. The molecule has 1 heteroatoms. The molecule has 0 saturated heterocycles. The number of hydrogen-bond acceptors (Lipinski definition) is 1. The van der Waals surface area contributed by atoms with Crippen LogP contribution < -0.4 is 0 Å². The van der Waals surface area contributed by atoms with Gasteiger partial charge in [0.2, 0.25) is 0 Å². The van der Waals surface area contributed by atoms with Gasteiger partial charge in [0.05, 0.1) is 0 Å². The molecule has 1 rings (SSSR count). The van der Waals surface area contributed by atoms with Crippen molar-refractivity contribution in [2.24, 2.45) is 5.92 Å². The van der Waals surface area contributed by atoms with Gasteiger partial charge in [0, 0.05) is 6.04 Å².